The van der Waals surface area contributed by atoms with E-state index < -0.39 is 34.4 Å². The first-order valence-corrected chi connectivity index (χ1v) is 7.16. The maximum atomic E-state index is 12.0. The number of carboxylic acids is 2. The summed E-state index contributed by atoms with van der Waals surface area (Å²) in [5, 5.41) is 17.4. The number of carboxylic acid groups (broad SMARTS) is 2. The Balaban J connectivity index is 3.06. The Morgan fingerprint density at radius 1 is 1.20 bits per heavy atom. The second kappa shape index (κ2) is 6.02. The third-order valence-electron chi connectivity index (χ3n) is 2.76. The monoisotopic (exact) mass is 301 g/mol. The summed E-state index contributed by atoms with van der Waals surface area (Å²) in [7, 11) is -4.08. The Labute approximate surface area is 116 Å². The van der Waals surface area contributed by atoms with E-state index in [9.17, 15) is 18.0 Å². The first-order valence-electron chi connectivity index (χ1n) is 5.67. The van der Waals surface area contributed by atoms with Crippen LogP contribution < -0.4 is 4.72 Å². The summed E-state index contributed by atoms with van der Waals surface area (Å²) in [4.78, 5) is 21.3. The van der Waals surface area contributed by atoms with E-state index in [0.29, 0.717) is 0 Å². The van der Waals surface area contributed by atoms with Crippen molar-refractivity contribution < 1.29 is 28.2 Å². The summed E-state index contributed by atoms with van der Waals surface area (Å²) in [6, 6.07) is 2.62. The predicted molar refractivity (Wildman–Crippen MR) is 69.9 cm³/mol. The fraction of sp³-hybridized carbons (Fsp3) is 0.333. The van der Waals surface area contributed by atoms with Gasteiger partial charge in [0.05, 0.1) is 11.3 Å². The van der Waals surface area contributed by atoms with Crippen LogP contribution in [0.3, 0.4) is 0 Å². The predicted octanol–water partition coefficient (Wildman–Crippen LogP) is 0.510. The highest BCUT2D eigenvalue weighted by Crippen LogP contribution is 2.15. The summed E-state index contributed by atoms with van der Waals surface area (Å²) >= 11 is 0. The number of benzene rings is 1. The summed E-state index contributed by atoms with van der Waals surface area (Å²) in [5.41, 5.74) is 1.63. The minimum atomic E-state index is -4.08. The normalized spacial score (nSPS) is 12.9. The molecule has 0 aliphatic rings. The van der Waals surface area contributed by atoms with Crippen LogP contribution in [0.1, 0.15) is 17.5 Å². The Hall–Kier alpha value is -1.93. The number of hydrogen-bond acceptors (Lipinski definition) is 4. The molecular weight excluding hydrogens is 286 g/mol. The van der Waals surface area contributed by atoms with Crippen LogP contribution in [0.5, 0.6) is 0 Å². The molecule has 0 amide bonds. The lowest BCUT2D eigenvalue weighted by atomic mass is 10.1. The fourth-order valence-electron chi connectivity index (χ4n) is 1.49. The van der Waals surface area contributed by atoms with Gasteiger partial charge in [-0.05, 0) is 37.1 Å². The van der Waals surface area contributed by atoms with Crippen molar-refractivity contribution in [2.24, 2.45) is 0 Å². The molecular formula is C12H15NO6S. The van der Waals surface area contributed by atoms with Gasteiger partial charge < -0.3 is 10.2 Å². The molecule has 1 atom stereocenters. The van der Waals surface area contributed by atoms with Crippen LogP contribution in [0.15, 0.2) is 23.1 Å². The molecule has 1 aromatic carbocycles. The zero-order valence-corrected chi connectivity index (χ0v) is 11.8. The highest BCUT2D eigenvalue weighted by Gasteiger charge is 2.27. The lowest BCUT2D eigenvalue weighted by Gasteiger charge is -2.13. The van der Waals surface area contributed by atoms with Gasteiger partial charge in [-0.15, -0.1) is 0 Å². The molecule has 8 heteroatoms. The van der Waals surface area contributed by atoms with Crippen molar-refractivity contribution in [1.82, 2.24) is 4.72 Å². The molecule has 0 aliphatic heterocycles. The van der Waals surface area contributed by atoms with Gasteiger partial charge in [0.25, 0.3) is 0 Å². The number of nitrogens with one attached hydrogen (secondary N) is 1. The maximum absolute atomic E-state index is 12.0. The molecule has 3 N–H and O–H groups in total. The van der Waals surface area contributed by atoms with Gasteiger partial charge in [0.15, 0.2) is 0 Å². The molecule has 7 nitrogen and oxygen atoms in total. The molecule has 0 heterocycles. The second-order valence-corrected chi connectivity index (χ2v) is 6.07. The Morgan fingerprint density at radius 2 is 1.80 bits per heavy atom. The van der Waals surface area contributed by atoms with E-state index in [1.54, 1.807) is 13.0 Å². The minimum Gasteiger partial charge on any atom is -0.481 e. The first-order chi connectivity index (χ1) is 9.13. The molecule has 1 aromatic rings. The topological polar surface area (TPSA) is 121 Å². The van der Waals surface area contributed by atoms with E-state index in [2.05, 4.69) is 0 Å². The largest absolute Gasteiger partial charge is 0.481 e. The molecule has 1 unspecified atom stereocenters. The lowest BCUT2D eigenvalue weighted by molar-refractivity contribution is -0.145. The minimum absolute atomic E-state index is 0.0998. The van der Waals surface area contributed by atoms with E-state index in [4.69, 9.17) is 10.2 Å². The zero-order valence-electron chi connectivity index (χ0n) is 11.0. The van der Waals surface area contributed by atoms with E-state index in [1.165, 1.54) is 12.1 Å². The number of aliphatic carboxylic acids is 2. The van der Waals surface area contributed by atoms with Gasteiger partial charge in [-0.3, -0.25) is 9.59 Å². The van der Waals surface area contributed by atoms with Gasteiger partial charge in [-0.2, -0.15) is 4.72 Å². The first kappa shape index (κ1) is 16.1. The smallest absolute Gasteiger partial charge is 0.322 e. The molecule has 0 bridgehead atoms. The molecule has 20 heavy (non-hydrogen) atoms. The SMILES string of the molecule is Cc1ccc(S(=O)(=O)NC(CC(=O)O)C(=O)O)cc1C. The number of rotatable bonds is 6. The highest BCUT2D eigenvalue weighted by atomic mass is 32.2. The van der Waals surface area contributed by atoms with Crippen molar-refractivity contribution >= 4 is 22.0 Å². The van der Waals surface area contributed by atoms with Crippen LogP contribution in [0.4, 0.5) is 0 Å². The van der Waals surface area contributed by atoms with Gasteiger partial charge in [0, 0.05) is 0 Å². The van der Waals surface area contributed by atoms with Crippen molar-refractivity contribution in [2.45, 2.75) is 31.2 Å². The summed E-state index contributed by atoms with van der Waals surface area (Å²) in [6.45, 7) is 3.53. The number of carbonyl (C=O) groups is 2. The Bertz CT molecular complexity index is 637. The van der Waals surface area contributed by atoms with Crippen molar-refractivity contribution in [3.8, 4) is 0 Å². The fourth-order valence-corrected chi connectivity index (χ4v) is 2.76. The average molecular weight is 301 g/mol. The summed E-state index contributed by atoms with van der Waals surface area (Å²) < 4.78 is 25.9. The van der Waals surface area contributed by atoms with Crippen LogP contribution in [-0.4, -0.2) is 36.6 Å². The highest BCUT2D eigenvalue weighted by molar-refractivity contribution is 7.89. The third-order valence-corrected chi connectivity index (χ3v) is 4.23. The quantitative estimate of drug-likeness (QED) is 0.704. The molecule has 0 saturated carbocycles. The summed E-state index contributed by atoms with van der Waals surface area (Å²) in [5.74, 6) is -2.94. The third kappa shape index (κ3) is 4.04. The van der Waals surface area contributed by atoms with Crippen molar-refractivity contribution in [2.75, 3.05) is 0 Å². The lowest BCUT2D eigenvalue weighted by Crippen LogP contribution is -2.42. The average Bonchev–Trinajstić information content (AvgIpc) is 2.30. The van der Waals surface area contributed by atoms with Gasteiger partial charge in [0.1, 0.15) is 6.04 Å². The molecule has 0 aromatic heterocycles. The van der Waals surface area contributed by atoms with Crippen LogP contribution in [0, 0.1) is 13.8 Å². The molecule has 0 spiro atoms. The second-order valence-electron chi connectivity index (χ2n) is 4.36. The van der Waals surface area contributed by atoms with Crippen molar-refractivity contribution in [3.05, 3.63) is 29.3 Å². The Morgan fingerprint density at radius 3 is 2.25 bits per heavy atom. The van der Waals surface area contributed by atoms with E-state index in [1.807, 2.05) is 11.6 Å². The van der Waals surface area contributed by atoms with Gasteiger partial charge >= 0.3 is 11.9 Å². The molecule has 1 rings (SSSR count). The Kier molecular flexibility index (Phi) is 4.85. The standard InChI is InChI=1S/C12H15NO6S/c1-7-3-4-9(5-8(7)2)20(18,19)13-10(12(16)17)6-11(14)15/h3-5,10,13H,6H2,1-2H3,(H,14,15)(H,16,17). The van der Waals surface area contributed by atoms with E-state index in [-0.39, 0.29) is 4.90 Å². The number of sulfonamides is 1. The van der Waals surface area contributed by atoms with Crippen LogP contribution in [0.2, 0.25) is 0 Å². The van der Waals surface area contributed by atoms with Crippen molar-refractivity contribution in [3.63, 3.8) is 0 Å². The van der Waals surface area contributed by atoms with Gasteiger partial charge in [-0.1, -0.05) is 6.07 Å². The van der Waals surface area contributed by atoms with E-state index >= 15 is 0 Å². The van der Waals surface area contributed by atoms with Gasteiger partial charge in [0.2, 0.25) is 10.0 Å². The van der Waals surface area contributed by atoms with E-state index in [0.717, 1.165) is 11.1 Å². The molecule has 0 radical (unpaired) electrons. The molecule has 0 saturated heterocycles. The number of hydrogen-bond donors (Lipinski definition) is 3. The van der Waals surface area contributed by atoms with Crippen LogP contribution >= 0.6 is 0 Å². The summed E-state index contributed by atoms with van der Waals surface area (Å²) in [6.07, 6.45) is -0.834. The zero-order chi connectivity index (χ0) is 15.5. The molecule has 0 fully saturated rings. The van der Waals surface area contributed by atoms with Gasteiger partial charge in [-0.25, -0.2) is 8.42 Å². The number of aryl methyl sites for hydroxylation is 2. The molecule has 0 aliphatic carbocycles. The van der Waals surface area contributed by atoms with Crippen LogP contribution in [0.25, 0.3) is 0 Å². The maximum Gasteiger partial charge on any atom is 0.322 e. The molecule has 110 valence electrons. The van der Waals surface area contributed by atoms with Crippen molar-refractivity contribution in [1.29, 1.82) is 0 Å². The van der Waals surface area contributed by atoms with Crippen LogP contribution in [-0.2, 0) is 19.6 Å².